The van der Waals surface area contributed by atoms with Crippen molar-refractivity contribution in [3.8, 4) is 0 Å². The fourth-order valence-electron chi connectivity index (χ4n) is 1.52. The van der Waals surface area contributed by atoms with E-state index in [1.165, 1.54) is 0 Å². The third-order valence-corrected chi connectivity index (χ3v) is 2.78. The summed E-state index contributed by atoms with van der Waals surface area (Å²) in [6.07, 6.45) is 7.20. The van der Waals surface area contributed by atoms with Gasteiger partial charge in [0.05, 0.1) is 11.3 Å². The molecule has 4 heteroatoms. The van der Waals surface area contributed by atoms with Crippen molar-refractivity contribution in [2.45, 2.75) is 33.6 Å². The maximum atomic E-state index is 11.8. The lowest BCUT2D eigenvalue weighted by atomic mass is 10.2. The van der Waals surface area contributed by atoms with Crippen LogP contribution >= 0.6 is 15.9 Å². The Hall–Kier alpha value is -1.16. The molecule has 0 radical (unpaired) electrons. The highest BCUT2D eigenvalue weighted by Crippen LogP contribution is 2.17. The largest absolute Gasteiger partial charge is 0.310 e. The molecule has 1 aromatic heterocycles. The van der Waals surface area contributed by atoms with E-state index >= 15 is 0 Å². The quantitative estimate of drug-likeness (QED) is 0.865. The SMILES string of the molecule is CC.CCc1nc2c(c(=O)[nH]1)C=C(Br)C=CC2. The highest BCUT2D eigenvalue weighted by Gasteiger charge is 2.10. The molecule has 0 bridgehead atoms. The molecule has 92 valence electrons. The molecule has 1 aromatic rings. The fourth-order valence-corrected chi connectivity index (χ4v) is 1.94. The molecule has 1 heterocycles. The molecular formula is C13H17BrN2O. The number of H-pyrrole nitrogens is 1. The molecule has 1 aliphatic carbocycles. The summed E-state index contributed by atoms with van der Waals surface area (Å²) in [6, 6.07) is 0. The predicted octanol–water partition coefficient (Wildman–Crippen LogP) is 3.21. The molecular weight excluding hydrogens is 280 g/mol. The average molecular weight is 297 g/mol. The summed E-state index contributed by atoms with van der Waals surface area (Å²) in [6.45, 7) is 5.98. The number of rotatable bonds is 1. The number of aryl methyl sites for hydroxylation is 1. The van der Waals surface area contributed by atoms with Crippen molar-refractivity contribution >= 4 is 22.0 Å². The van der Waals surface area contributed by atoms with E-state index in [2.05, 4.69) is 25.9 Å². The standard InChI is InChI=1S/C11H11BrN2O.C2H6/c1-2-10-13-9-5-3-4-7(12)6-8(9)11(15)14-10;1-2/h3-4,6H,2,5H2,1H3,(H,13,14,15);1-2H3. The number of fused-ring (bicyclic) bond motifs is 1. The zero-order valence-corrected chi connectivity index (χ0v) is 12.0. The summed E-state index contributed by atoms with van der Waals surface area (Å²) >= 11 is 3.37. The Bertz CT molecular complexity index is 501. The van der Waals surface area contributed by atoms with Crippen LogP contribution in [0.2, 0.25) is 0 Å². The molecule has 0 atom stereocenters. The first kappa shape index (κ1) is 13.9. The second-order valence-corrected chi connectivity index (χ2v) is 4.28. The molecule has 0 aliphatic heterocycles. The zero-order chi connectivity index (χ0) is 12.8. The minimum absolute atomic E-state index is 0.0579. The smallest absolute Gasteiger partial charge is 0.258 e. The van der Waals surface area contributed by atoms with Crippen LogP contribution in [0.1, 0.15) is 37.9 Å². The predicted molar refractivity (Wildman–Crippen MR) is 75.3 cm³/mol. The van der Waals surface area contributed by atoms with E-state index in [0.717, 1.165) is 22.4 Å². The molecule has 0 saturated carbocycles. The van der Waals surface area contributed by atoms with Crippen LogP contribution in [0.5, 0.6) is 0 Å². The molecule has 17 heavy (non-hydrogen) atoms. The van der Waals surface area contributed by atoms with Gasteiger partial charge in [-0.3, -0.25) is 4.79 Å². The monoisotopic (exact) mass is 296 g/mol. The van der Waals surface area contributed by atoms with Gasteiger partial charge in [0.25, 0.3) is 5.56 Å². The first-order valence-corrected chi connectivity index (χ1v) is 6.66. The van der Waals surface area contributed by atoms with Crippen LogP contribution in [0.25, 0.3) is 6.08 Å². The zero-order valence-electron chi connectivity index (χ0n) is 10.4. The van der Waals surface area contributed by atoms with Gasteiger partial charge in [-0.1, -0.05) is 48.9 Å². The Kier molecular flexibility index (Phi) is 5.35. The van der Waals surface area contributed by atoms with Gasteiger partial charge in [0.2, 0.25) is 0 Å². The van der Waals surface area contributed by atoms with Crippen molar-refractivity contribution in [1.82, 2.24) is 9.97 Å². The van der Waals surface area contributed by atoms with Crippen molar-refractivity contribution in [1.29, 1.82) is 0 Å². The minimum Gasteiger partial charge on any atom is -0.310 e. The number of allylic oxidation sites excluding steroid dienone is 3. The van der Waals surface area contributed by atoms with Crippen LogP contribution in [0.3, 0.4) is 0 Å². The Balaban J connectivity index is 0.000000686. The van der Waals surface area contributed by atoms with Gasteiger partial charge in [-0.25, -0.2) is 4.98 Å². The Morgan fingerprint density at radius 2 is 2.18 bits per heavy atom. The van der Waals surface area contributed by atoms with E-state index in [1.54, 1.807) is 0 Å². The number of nitrogens with zero attached hydrogens (tertiary/aromatic N) is 1. The maximum absolute atomic E-state index is 11.8. The average Bonchev–Trinajstić information content (AvgIpc) is 2.53. The van der Waals surface area contributed by atoms with E-state index in [4.69, 9.17) is 0 Å². The molecule has 0 amide bonds. The summed E-state index contributed by atoms with van der Waals surface area (Å²) in [7, 11) is 0. The van der Waals surface area contributed by atoms with Crippen molar-refractivity contribution in [2.75, 3.05) is 0 Å². The van der Waals surface area contributed by atoms with E-state index < -0.39 is 0 Å². The van der Waals surface area contributed by atoms with E-state index in [0.29, 0.717) is 12.0 Å². The van der Waals surface area contributed by atoms with E-state index in [9.17, 15) is 4.79 Å². The molecule has 0 spiro atoms. The Morgan fingerprint density at radius 3 is 2.82 bits per heavy atom. The summed E-state index contributed by atoms with van der Waals surface area (Å²) in [4.78, 5) is 18.9. The van der Waals surface area contributed by atoms with Gasteiger partial charge in [0.15, 0.2) is 0 Å². The lowest BCUT2D eigenvalue weighted by Crippen LogP contribution is -2.17. The van der Waals surface area contributed by atoms with E-state index in [-0.39, 0.29) is 5.56 Å². The van der Waals surface area contributed by atoms with Gasteiger partial charge in [0.1, 0.15) is 5.82 Å². The second kappa shape index (κ2) is 6.55. The fraction of sp³-hybridized carbons (Fsp3) is 0.385. The number of aromatic nitrogens is 2. The number of halogens is 1. The summed E-state index contributed by atoms with van der Waals surface area (Å²) in [5.41, 5.74) is 1.45. The van der Waals surface area contributed by atoms with Crippen LogP contribution in [0.15, 0.2) is 21.4 Å². The highest BCUT2D eigenvalue weighted by atomic mass is 79.9. The molecule has 1 N–H and O–H groups in total. The molecule has 0 saturated heterocycles. The van der Waals surface area contributed by atoms with Crippen molar-refractivity contribution in [3.05, 3.63) is 44.1 Å². The Morgan fingerprint density at radius 1 is 1.47 bits per heavy atom. The normalized spacial score (nSPS) is 13.1. The first-order chi connectivity index (χ1) is 8.20. The topological polar surface area (TPSA) is 45.8 Å². The molecule has 3 nitrogen and oxygen atoms in total. The summed E-state index contributed by atoms with van der Waals surface area (Å²) in [5, 5.41) is 0. The van der Waals surface area contributed by atoms with Crippen molar-refractivity contribution < 1.29 is 0 Å². The van der Waals surface area contributed by atoms with Gasteiger partial charge in [-0.05, 0) is 6.08 Å². The molecule has 2 rings (SSSR count). The van der Waals surface area contributed by atoms with Gasteiger partial charge in [-0.15, -0.1) is 0 Å². The second-order valence-electron chi connectivity index (χ2n) is 3.36. The molecule has 0 fully saturated rings. The number of hydrogen-bond donors (Lipinski definition) is 1. The third-order valence-electron chi connectivity index (χ3n) is 2.29. The Labute approximate surface area is 110 Å². The lowest BCUT2D eigenvalue weighted by Gasteiger charge is -2.03. The van der Waals surface area contributed by atoms with Crippen LogP contribution in [0.4, 0.5) is 0 Å². The lowest BCUT2D eigenvalue weighted by molar-refractivity contribution is 0.881. The van der Waals surface area contributed by atoms with Crippen molar-refractivity contribution in [2.24, 2.45) is 0 Å². The summed E-state index contributed by atoms with van der Waals surface area (Å²) < 4.78 is 0.901. The highest BCUT2D eigenvalue weighted by molar-refractivity contribution is 9.12. The minimum atomic E-state index is -0.0579. The number of nitrogens with one attached hydrogen (secondary N) is 1. The van der Waals surface area contributed by atoms with Gasteiger partial charge >= 0.3 is 0 Å². The van der Waals surface area contributed by atoms with Crippen molar-refractivity contribution in [3.63, 3.8) is 0 Å². The number of hydrogen-bond acceptors (Lipinski definition) is 2. The maximum Gasteiger partial charge on any atom is 0.258 e. The van der Waals surface area contributed by atoms with Crippen LogP contribution in [-0.2, 0) is 12.8 Å². The van der Waals surface area contributed by atoms with Crippen LogP contribution < -0.4 is 5.56 Å². The molecule has 0 unspecified atom stereocenters. The van der Waals surface area contributed by atoms with Crippen LogP contribution in [-0.4, -0.2) is 9.97 Å². The van der Waals surface area contributed by atoms with Gasteiger partial charge < -0.3 is 4.98 Å². The molecule has 0 aromatic carbocycles. The van der Waals surface area contributed by atoms with E-state index in [1.807, 2.05) is 39.0 Å². The van der Waals surface area contributed by atoms with Gasteiger partial charge in [0, 0.05) is 17.3 Å². The third kappa shape index (κ3) is 3.40. The van der Waals surface area contributed by atoms with Crippen LogP contribution in [0, 0.1) is 0 Å². The van der Waals surface area contributed by atoms with Gasteiger partial charge in [-0.2, -0.15) is 0 Å². The number of aromatic amines is 1. The molecule has 1 aliphatic rings. The summed E-state index contributed by atoms with van der Waals surface area (Å²) in [5.74, 6) is 0.749. The first-order valence-electron chi connectivity index (χ1n) is 5.86.